The fourth-order valence-electron chi connectivity index (χ4n) is 7.05. The van der Waals surface area contributed by atoms with Crippen molar-refractivity contribution in [3.05, 3.63) is 89.0 Å². The number of carbonyl (C=O) groups excluding carboxylic acids is 1. The predicted molar refractivity (Wildman–Crippen MR) is 181 cm³/mol. The number of benzene rings is 4. The summed E-state index contributed by atoms with van der Waals surface area (Å²) in [6.07, 6.45) is 0. The number of aromatic nitrogens is 1. The normalized spacial score (nSPS) is 19.9. The first-order chi connectivity index (χ1) is 22.8. The largest absolute Gasteiger partial charge is 0.504 e. The van der Waals surface area contributed by atoms with E-state index in [0.717, 1.165) is 48.7 Å². The monoisotopic (exact) mass is 652 g/mol. The minimum Gasteiger partial charge on any atom is -0.504 e. The number of hydrogen-bond donors (Lipinski definition) is 2. The number of phenols is 1. The van der Waals surface area contributed by atoms with Gasteiger partial charge in [-0.3, -0.25) is 4.79 Å². The lowest BCUT2D eigenvalue weighted by Gasteiger charge is -2.40. The van der Waals surface area contributed by atoms with Gasteiger partial charge in [0.2, 0.25) is 5.75 Å². The van der Waals surface area contributed by atoms with Crippen molar-refractivity contribution in [1.29, 1.82) is 0 Å². The van der Waals surface area contributed by atoms with Gasteiger partial charge in [-0.1, -0.05) is 12.1 Å². The summed E-state index contributed by atoms with van der Waals surface area (Å²) in [5.41, 5.74) is 6.49. The van der Waals surface area contributed by atoms with Crippen molar-refractivity contribution < 1.29 is 33.6 Å². The van der Waals surface area contributed by atoms with Crippen molar-refractivity contribution in [2.45, 2.75) is 25.8 Å². The SMILES string of the molecule is CCOc1cc2c(cc1O)[C@@H](Nc1ccc(-c3nc4ccccc4s3)cc1C)[C@H]1COC(=O)[C@@H]1[C@@H]2c1cc(OC)c(OC)c(OC)c1. The molecule has 2 heterocycles. The molecular weight excluding hydrogens is 616 g/mol. The van der Waals surface area contributed by atoms with Gasteiger partial charge in [0.05, 0.1) is 56.7 Å². The number of methoxy groups -OCH3 is 3. The Kier molecular flexibility index (Phi) is 8.05. The Morgan fingerprint density at radius 2 is 1.72 bits per heavy atom. The van der Waals surface area contributed by atoms with Gasteiger partial charge in [0.1, 0.15) is 5.01 Å². The van der Waals surface area contributed by atoms with Crippen molar-refractivity contribution >= 4 is 33.2 Å². The van der Waals surface area contributed by atoms with E-state index in [0.29, 0.717) is 29.6 Å². The number of cyclic esters (lactones) is 1. The number of nitrogens with zero attached hydrogens (tertiary/aromatic N) is 1. The van der Waals surface area contributed by atoms with E-state index in [9.17, 15) is 9.90 Å². The van der Waals surface area contributed by atoms with Gasteiger partial charge in [-0.2, -0.15) is 0 Å². The topological polar surface area (TPSA) is 108 Å². The van der Waals surface area contributed by atoms with Crippen molar-refractivity contribution in [2.24, 2.45) is 11.8 Å². The third kappa shape index (κ3) is 5.26. The van der Waals surface area contributed by atoms with Gasteiger partial charge in [-0.15, -0.1) is 11.3 Å². The Morgan fingerprint density at radius 1 is 0.957 bits per heavy atom. The number of anilines is 1. The minimum absolute atomic E-state index is 0.0349. The molecule has 1 aliphatic heterocycles. The number of thiazole rings is 1. The Labute approximate surface area is 277 Å². The first-order valence-corrected chi connectivity index (χ1v) is 16.4. The molecule has 0 amide bonds. The number of fused-ring (bicyclic) bond motifs is 3. The lowest BCUT2D eigenvalue weighted by molar-refractivity contribution is -0.141. The van der Waals surface area contributed by atoms with Gasteiger partial charge in [0.25, 0.3) is 0 Å². The van der Waals surface area contributed by atoms with Gasteiger partial charge in [0.15, 0.2) is 23.0 Å². The van der Waals surface area contributed by atoms with Gasteiger partial charge in [0, 0.05) is 23.1 Å². The third-order valence-electron chi connectivity index (χ3n) is 9.20. The number of aryl methyl sites for hydroxylation is 1. The summed E-state index contributed by atoms with van der Waals surface area (Å²) in [6.45, 7) is 4.53. The first kappa shape index (κ1) is 30.7. The lowest BCUT2D eigenvalue weighted by atomic mass is 9.65. The number of nitrogens with one attached hydrogen (secondary N) is 1. The molecule has 4 atom stereocenters. The Morgan fingerprint density at radius 3 is 2.40 bits per heavy atom. The molecule has 0 radical (unpaired) electrons. The number of hydrogen-bond acceptors (Lipinski definition) is 10. The molecule has 1 aliphatic carbocycles. The fourth-order valence-corrected chi connectivity index (χ4v) is 8.01. The second-order valence-electron chi connectivity index (χ2n) is 11.8. The van der Waals surface area contributed by atoms with Crippen molar-refractivity contribution in [2.75, 3.05) is 39.9 Å². The molecule has 2 N–H and O–H groups in total. The maximum atomic E-state index is 13.6. The molecule has 1 saturated heterocycles. The molecule has 242 valence electrons. The van der Waals surface area contributed by atoms with Crippen LogP contribution >= 0.6 is 11.3 Å². The predicted octanol–water partition coefficient (Wildman–Crippen LogP) is 7.49. The molecule has 10 heteroatoms. The van der Waals surface area contributed by atoms with Crippen LogP contribution in [0.1, 0.15) is 41.1 Å². The Hall–Kier alpha value is -4.96. The molecule has 5 aromatic rings. The number of ether oxygens (including phenoxy) is 5. The summed E-state index contributed by atoms with van der Waals surface area (Å²) in [4.78, 5) is 18.5. The van der Waals surface area contributed by atoms with E-state index in [4.69, 9.17) is 28.7 Å². The molecule has 9 nitrogen and oxygen atoms in total. The highest BCUT2D eigenvalue weighted by Gasteiger charge is 2.52. The average Bonchev–Trinajstić information content (AvgIpc) is 3.69. The molecule has 0 saturated carbocycles. The summed E-state index contributed by atoms with van der Waals surface area (Å²) < 4.78 is 29.7. The van der Waals surface area contributed by atoms with E-state index < -0.39 is 11.8 Å². The second kappa shape index (κ2) is 12.3. The van der Waals surface area contributed by atoms with Crippen LogP contribution in [0, 0.1) is 18.8 Å². The fraction of sp³-hybridized carbons (Fsp3) is 0.297. The van der Waals surface area contributed by atoms with Gasteiger partial charge >= 0.3 is 5.97 Å². The smallest absolute Gasteiger partial charge is 0.310 e. The maximum absolute atomic E-state index is 13.6. The van der Waals surface area contributed by atoms with Crippen LogP contribution in [0.25, 0.3) is 20.8 Å². The maximum Gasteiger partial charge on any atom is 0.310 e. The van der Waals surface area contributed by atoms with Crippen LogP contribution in [-0.2, 0) is 9.53 Å². The minimum atomic E-state index is -0.524. The highest BCUT2D eigenvalue weighted by Crippen LogP contribution is 2.56. The number of rotatable bonds is 9. The standard InChI is InChI=1S/C37H36N2O7S/c1-6-45-28-17-22-23(16-27(28)40)34(38-25-12-11-20(13-19(25)2)36-39-26-9-7-8-10-31(26)47-36)24-18-46-37(41)33(24)32(22)21-14-29(42-3)35(44-5)30(15-21)43-4/h7-17,24,32-34,38,40H,6,18H2,1-5H3/t24-,32+,33-,34+/m0/s1. The Balaban J connectivity index is 1.34. The van der Waals surface area contributed by atoms with Crippen molar-refractivity contribution in [3.8, 4) is 39.3 Å². The molecule has 0 bridgehead atoms. The first-order valence-electron chi connectivity index (χ1n) is 15.5. The van der Waals surface area contributed by atoms with Crippen LogP contribution in [0.2, 0.25) is 0 Å². The number of para-hydroxylation sites is 1. The molecule has 1 fully saturated rings. The zero-order valence-electron chi connectivity index (χ0n) is 26.8. The summed E-state index contributed by atoms with van der Waals surface area (Å²) in [7, 11) is 4.69. The van der Waals surface area contributed by atoms with E-state index in [2.05, 4.69) is 36.5 Å². The van der Waals surface area contributed by atoms with Gasteiger partial charge in [-0.05, 0) is 90.7 Å². The zero-order chi connectivity index (χ0) is 32.8. The quantitative estimate of drug-likeness (QED) is 0.157. The molecule has 0 unspecified atom stereocenters. The van der Waals surface area contributed by atoms with Crippen molar-refractivity contribution in [3.63, 3.8) is 0 Å². The van der Waals surface area contributed by atoms with Crippen LogP contribution in [0.3, 0.4) is 0 Å². The summed E-state index contributed by atoms with van der Waals surface area (Å²) in [5.74, 6) is 0.350. The van der Waals surface area contributed by atoms with Crippen molar-refractivity contribution in [1.82, 2.24) is 4.98 Å². The number of phenolic OH excluding ortho intramolecular Hbond substituents is 1. The molecule has 47 heavy (non-hydrogen) atoms. The van der Waals surface area contributed by atoms with E-state index in [1.165, 1.54) is 0 Å². The van der Waals surface area contributed by atoms with E-state index in [1.54, 1.807) is 38.7 Å². The van der Waals surface area contributed by atoms with Crippen LogP contribution in [0.4, 0.5) is 5.69 Å². The molecule has 1 aromatic heterocycles. The molecular formula is C37H36N2O7S. The Bertz CT molecular complexity index is 1930. The lowest BCUT2D eigenvalue weighted by Crippen LogP contribution is -2.37. The molecule has 7 rings (SSSR count). The molecule has 4 aromatic carbocycles. The molecule has 0 spiro atoms. The van der Waals surface area contributed by atoms with Crippen LogP contribution in [-0.4, -0.2) is 50.6 Å². The summed E-state index contributed by atoms with van der Waals surface area (Å²) in [5, 5.41) is 15.8. The number of aromatic hydroxyl groups is 1. The van der Waals surface area contributed by atoms with E-state index in [1.807, 2.05) is 43.3 Å². The zero-order valence-corrected chi connectivity index (χ0v) is 27.6. The third-order valence-corrected chi connectivity index (χ3v) is 10.3. The van der Waals surface area contributed by atoms with Gasteiger partial charge < -0.3 is 34.1 Å². The molecule has 2 aliphatic rings. The number of esters is 1. The second-order valence-corrected chi connectivity index (χ2v) is 12.8. The van der Waals surface area contributed by atoms with E-state index in [-0.39, 0.29) is 30.3 Å². The van der Waals surface area contributed by atoms with Crippen LogP contribution in [0.15, 0.2) is 66.7 Å². The van der Waals surface area contributed by atoms with E-state index >= 15 is 0 Å². The average molecular weight is 653 g/mol. The highest BCUT2D eigenvalue weighted by atomic mass is 32.1. The van der Waals surface area contributed by atoms with Crippen LogP contribution < -0.4 is 24.3 Å². The van der Waals surface area contributed by atoms with Gasteiger partial charge in [-0.25, -0.2) is 4.98 Å². The highest BCUT2D eigenvalue weighted by molar-refractivity contribution is 7.21. The number of carbonyl (C=O) groups is 1. The summed E-state index contributed by atoms with van der Waals surface area (Å²) in [6, 6.07) is 21.4. The summed E-state index contributed by atoms with van der Waals surface area (Å²) >= 11 is 1.67. The van der Waals surface area contributed by atoms with Crippen LogP contribution in [0.5, 0.6) is 28.7 Å².